The normalized spacial score (nSPS) is 10.6. The summed E-state index contributed by atoms with van der Waals surface area (Å²) >= 11 is 1.69. The van der Waals surface area contributed by atoms with Crippen LogP contribution < -0.4 is 4.90 Å². The van der Waals surface area contributed by atoms with Crippen molar-refractivity contribution < 1.29 is 5.11 Å². The molecule has 4 nitrogen and oxygen atoms in total. The van der Waals surface area contributed by atoms with Gasteiger partial charge in [0, 0.05) is 36.6 Å². The smallest absolute Gasteiger partial charge is 0.0976 e. The number of aliphatic hydroxyl groups excluding tert-OH is 1. The monoisotopic (exact) mass is 465 g/mol. The number of thiazole rings is 1. The van der Waals surface area contributed by atoms with Gasteiger partial charge in [0.15, 0.2) is 0 Å². The van der Waals surface area contributed by atoms with Crippen LogP contribution in [0.3, 0.4) is 0 Å². The molecule has 1 heterocycles. The Bertz CT molecular complexity index is 971. The fourth-order valence-corrected chi connectivity index (χ4v) is 3.99. The van der Waals surface area contributed by atoms with E-state index in [4.69, 9.17) is 4.98 Å². The Kier molecular flexibility index (Phi) is 10.5. The van der Waals surface area contributed by atoms with E-state index in [1.165, 1.54) is 22.4 Å². The third-order valence-corrected chi connectivity index (χ3v) is 5.65. The second-order valence-corrected chi connectivity index (χ2v) is 7.89. The number of aryl methyl sites for hydroxylation is 2. The minimum absolute atomic E-state index is 0. The zero-order valence-corrected chi connectivity index (χ0v) is 20.2. The zero-order valence-electron chi connectivity index (χ0n) is 17.8. The lowest BCUT2D eigenvalue weighted by molar-refractivity contribution is 0.282. The molecule has 0 aliphatic carbocycles. The summed E-state index contributed by atoms with van der Waals surface area (Å²) in [6.07, 6.45) is 2.72. The summed E-state index contributed by atoms with van der Waals surface area (Å²) in [4.78, 5) is 11.2. The standard InChI is InChI=1S/C23H27N3OS.2ClH/c1-5-24-15-26(4)22-11-16(2)20(10-17(22)3)12-23-25-21(14-28-23)19-8-6-18(13-27)7-9-19;;/h6-11,14-15,27H,5,12-13H2,1-4H3;2*1H. The maximum atomic E-state index is 9.19. The predicted molar refractivity (Wildman–Crippen MR) is 134 cm³/mol. The number of halogens is 2. The van der Waals surface area contributed by atoms with Gasteiger partial charge >= 0.3 is 0 Å². The van der Waals surface area contributed by atoms with Gasteiger partial charge in [-0.3, -0.25) is 4.99 Å². The molecule has 0 atom stereocenters. The number of aromatic nitrogens is 1. The Morgan fingerprint density at radius 3 is 2.43 bits per heavy atom. The summed E-state index contributed by atoms with van der Waals surface area (Å²) in [7, 11) is 2.04. The van der Waals surface area contributed by atoms with Gasteiger partial charge in [0.05, 0.1) is 23.6 Å². The number of aliphatic imine (C=N–C) groups is 1. The van der Waals surface area contributed by atoms with E-state index in [0.29, 0.717) is 0 Å². The quantitative estimate of drug-likeness (QED) is 0.352. The Labute approximate surface area is 195 Å². The van der Waals surface area contributed by atoms with Crippen LogP contribution in [-0.2, 0) is 13.0 Å². The molecule has 0 radical (unpaired) electrons. The van der Waals surface area contributed by atoms with Crippen LogP contribution in [0.4, 0.5) is 5.69 Å². The molecule has 0 bridgehead atoms. The fourth-order valence-electron chi connectivity index (χ4n) is 3.17. The van der Waals surface area contributed by atoms with Crippen LogP contribution in [0.15, 0.2) is 46.8 Å². The first-order valence-electron chi connectivity index (χ1n) is 9.49. The second-order valence-electron chi connectivity index (χ2n) is 6.95. The predicted octanol–water partition coefficient (Wildman–Crippen LogP) is 5.84. The lowest BCUT2D eigenvalue weighted by atomic mass is 10.0. The van der Waals surface area contributed by atoms with E-state index in [0.717, 1.165) is 34.8 Å². The first-order valence-corrected chi connectivity index (χ1v) is 10.4. The highest BCUT2D eigenvalue weighted by Crippen LogP contribution is 2.28. The molecule has 30 heavy (non-hydrogen) atoms. The Morgan fingerprint density at radius 1 is 1.10 bits per heavy atom. The van der Waals surface area contributed by atoms with E-state index in [1.54, 1.807) is 11.3 Å². The molecule has 3 aromatic rings. The maximum absolute atomic E-state index is 9.19. The lowest BCUT2D eigenvalue weighted by Gasteiger charge is -2.18. The van der Waals surface area contributed by atoms with E-state index in [-0.39, 0.29) is 31.4 Å². The molecule has 3 rings (SSSR count). The molecule has 0 saturated heterocycles. The third-order valence-electron chi connectivity index (χ3n) is 4.80. The molecular formula is C23H29Cl2N3OS. The average Bonchev–Trinajstić information content (AvgIpc) is 3.17. The summed E-state index contributed by atoms with van der Waals surface area (Å²) in [5.74, 6) is 0. The van der Waals surface area contributed by atoms with E-state index >= 15 is 0 Å². The van der Waals surface area contributed by atoms with Crippen molar-refractivity contribution in [3.05, 3.63) is 69.0 Å². The molecule has 2 aromatic carbocycles. The number of hydrogen-bond acceptors (Lipinski definition) is 4. The number of rotatable bonds is 7. The summed E-state index contributed by atoms with van der Waals surface area (Å²) in [5.41, 5.74) is 7.98. The summed E-state index contributed by atoms with van der Waals surface area (Å²) in [6.45, 7) is 7.19. The van der Waals surface area contributed by atoms with Crippen molar-refractivity contribution in [3.63, 3.8) is 0 Å². The SMILES string of the molecule is CCN=CN(C)c1cc(C)c(Cc2nc(-c3ccc(CO)cc3)cs2)cc1C.Cl.Cl. The van der Waals surface area contributed by atoms with Crippen molar-refractivity contribution in [3.8, 4) is 11.3 Å². The van der Waals surface area contributed by atoms with Crippen molar-refractivity contribution in [1.82, 2.24) is 4.98 Å². The van der Waals surface area contributed by atoms with Crippen LogP contribution in [0.25, 0.3) is 11.3 Å². The summed E-state index contributed by atoms with van der Waals surface area (Å²) in [5, 5.41) is 12.4. The topological polar surface area (TPSA) is 48.7 Å². The highest BCUT2D eigenvalue weighted by atomic mass is 35.5. The third kappa shape index (κ3) is 6.29. The molecule has 0 saturated carbocycles. The largest absolute Gasteiger partial charge is 0.392 e. The van der Waals surface area contributed by atoms with Gasteiger partial charge in [-0.25, -0.2) is 4.98 Å². The number of anilines is 1. The number of hydrogen-bond donors (Lipinski definition) is 1. The van der Waals surface area contributed by atoms with Gasteiger partial charge in [-0.05, 0) is 49.1 Å². The Balaban J connectivity index is 0.00000225. The Morgan fingerprint density at radius 2 is 1.80 bits per heavy atom. The number of benzene rings is 2. The minimum atomic E-state index is 0. The van der Waals surface area contributed by atoms with E-state index < -0.39 is 0 Å². The van der Waals surface area contributed by atoms with Crippen molar-refractivity contribution >= 4 is 48.2 Å². The highest BCUT2D eigenvalue weighted by Gasteiger charge is 2.11. The number of aliphatic hydroxyl groups is 1. The molecule has 1 N–H and O–H groups in total. The first kappa shape index (κ1) is 26.1. The van der Waals surface area contributed by atoms with E-state index in [9.17, 15) is 5.11 Å². The highest BCUT2D eigenvalue weighted by molar-refractivity contribution is 7.10. The molecule has 0 aliphatic heterocycles. The van der Waals surface area contributed by atoms with Gasteiger partial charge in [0.1, 0.15) is 0 Å². The summed E-state index contributed by atoms with van der Waals surface area (Å²) < 4.78 is 0. The lowest BCUT2D eigenvalue weighted by Crippen LogP contribution is -2.16. The van der Waals surface area contributed by atoms with Crippen LogP contribution >= 0.6 is 36.2 Å². The maximum Gasteiger partial charge on any atom is 0.0976 e. The van der Waals surface area contributed by atoms with E-state index in [1.807, 2.05) is 44.6 Å². The van der Waals surface area contributed by atoms with Crippen molar-refractivity contribution in [2.24, 2.45) is 4.99 Å². The van der Waals surface area contributed by atoms with Gasteiger partial charge in [-0.1, -0.05) is 30.3 Å². The molecule has 7 heteroatoms. The van der Waals surface area contributed by atoms with Crippen LogP contribution in [0.2, 0.25) is 0 Å². The number of nitrogens with zero attached hydrogens (tertiary/aromatic N) is 3. The fraction of sp³-hybridized carbons (Fsp3) is 0.304. The first-order chi connectivity index (χ1) is 13.5. The Hall–Kier alpha value is -1.92. The van der Waals surface area contributed by atoms with Crippen molar-refractivity contribution in [2.75, 3.05) is 18.5 Å². The van der Waals surface area contributed by atoms with Crippen LogP contribution in [0, 0.1) is 13.8 Å². The van der Waals surface area contributed by atoms with Gasteiger partial charge in [-0.2, -0.15) is 0 Å². The van der Waals surface area contributed by atoms with Gasteiger partial charge in [-0.15, -0.1) is 36.2 Å². The second kappa shape index (κ2) is 12.1. The van der Waals surface area contributed by atoms with Crippen LogP contribution in [0.5, 0.6) is 0 Å². The van der Waals surface area contributed by atoms with Crippen molar-refractivity contribution in [1.29, 1.82) is 0 Å². The molecule has 1 aromatic heterocycles. The zero-order chi connectivity index (χ0) is 20.1. The van der Waals surface area contributed by atoms with Crippen LogP contribution in [-0.4, -0.2) is 30.0 Å². The van der Waals surface area contributed by atoms with Gasteiger partial charge in [0.2, 0.25) is 0 Å². The molecule has 0 unspecified atom stereocenters. The molecular weight excluding hydrogens is 437 g/mol. The molecule has 0 fully saturated rings. The molecule has 0 spiro atoms. The molecule has 0 aliphatic rings. The summed E-state index contributed by atoms with van der Waals surface area (Å²) in [6, 6.07) is 12.4. The van der Waals surface area contributed by atoms with E-state index in [2.05, 4.69) is 41.3 Å². The minimum Gasteiger partial charge on any atom is -0.392 e. The van der Waals surface area contributed by atoms with Crippen LogP contribution in [0.1, 0.15) is 34.2 Å². The van der Waals surface area contributed by atoms with Gasteiger partial charge < -0.3 is 10.0 Å². The molecule has 0 amide bonds. The average molecular weight is 466 g/mol. The van der Waals surface area contributed by atoms with Crippen molar-refractivity contribution in [2.45, 2.75) is 33.8 Å². The molecule has 162 valence electrons. The van der Waals surface area contributed by atoms with Gasteiger partial charge in [0.25, 0.3) is 0 Å².